The number of anilines is 1. The van der Waals surface area contributed by atoms with E-state index in [1.54, 1.807) is 6.07 Å². The molecule has 152 valence electrons. The summed E-state index contributed by atoms with van der Waals surface area (Å²) in [6, 6.07) is 9.76. The number of nitrogens with zero attached hydrogens (tertiary/aromatic N) is 2. The van der Waals surface area contributed by atoms with Gasteiger partial charge >= 0.3 is 0 Å². The highest BCUT2D eigenvalue weighted by Gasteiger charge is 2.22. The number of rotatable bonds is 5. The highest BCUT2D eigenvalue weighted by atomic mass is 35.5. The fraction of sp³-hybridized carbons (Fsp3) is 0.435. The van der Waals surface area contributed by atoms with Crippen molar-refractivity contribution in [2.45, 2.75) is 69.1 Å². The molecule has 1 aliphatic rings. The van der Waals surface area contributed by atoms with Crippen LogP contribution in [0, 0.1) is 18.3 Å². The maximum atomic E-state index is 12.8. The van der Waals surface area contributed by atoms with Gasteiger partial charge in [0.25, 0.3) is 0 Å². The molecule has 1 N–H and O–H groups in total. The molecule has 29 heavy (non-hydrogen) atoms. The minimum atomic E-state index is -0.332. The van der Waals surface area contributed by atoms with Crippen LogP contribution in [0.2, 0.25) is 5.02 Å². The molecule has 1 aromatic heterocycles. The number of carbonyl (C=O) groups excluding carboxylic acids is 1. The minimum absolute atomic E-state index is 0.102. The van der Waals surface area contributed by atoms with Crippen LogP contribution in [0.4, 0.5) is 5.69 Å². The summed E-state index contributed by atoms with van der Waals surface area (Å²) in [5.41, 5.74) is 4.49. The fourth-order valence-corrected chi connectivity index (χ4v) is 4.67. The molecule has 3 rings (SSSR count). The first-order valence-electron chi connectivity index (χ1n) is 10.2. The van der Waals surface area contributed by atoms with E-state index in [-0.39, 0.29) is 11.2 Å². The Bertz CT molecular complexity index is 938. The molecule has 2 aromatic rings. The number of nitriles is 1. The third-order valence-corrected chi connectivity index (χ3v) is 7.02. The Balaban J connectivity index is 1.80. The van der Waals surface area contributed by atoms with Crippen molar-refractivity contribution in [1.29, 1.82) is 5.26 Å². The third-order valence-electron chi connectivity index (χ3n) is 5.24. The number of fused-ring (bicyclic) bond motifs is 1. The third kappa shape index (κ3) is 5.52. The SMILES string of the molecule is CCC(Sc1nc2c(cc1C#N)CCCCCC2)C(=O)Nc1ccc(C)c(Cl)c1. The smallest absolute Gasteiger partial charge is 0.237 e. The molecule has 0 bridgehead atoms. The predicted molar refractivity (Wildman–Crippen MR) is 120 cm³/mol. The zero-order valence-electron chi connectivity index (χ0n) is 16.9. The number of pyridine rings is 1. The molecule has 1 amide bonds. The second-order valence-corrected chi connectivity index (χ2v) is 9.04. The molecule has 0 saturated heterocycles. The van der Waals surface area contributed by atoms with Crippen LogP contribution in [0.5, 0.6) is 0 Å². The van der Waals surface area contributed by atoms with E-state index in [0.29, 0.717) is 27.7 Å². The van der Waals surface area contributed by atoms with Gasteiger partial charge in [-0.3, -0.25) is 4.79 Å². The van der Waals surface area contributed by atoms with Gasteiger partial charge in [-0.15, -0.1) is 0 Å². The number of carbonyl (C=O) groups is 1. The van der Waals surface area contributed by atoms with Crippen molar-refractivity contribution in [2.75, 3.05) is 5.32 Å². The highest BCUT2D eigenvalue weighted by Crippen LogP contribution is 2.31. The molecule has 0 aliphatic heterocycles. The quantitative estimate of drug-likeness (QED) is 0.587. The number of thioether (sulfide) groups is 1. The lowest BCUT2D eigenvalue weighted by atomic mass is 9.96. The first kappa shape index (κ1) is 21.7. The second kappa shape index (κ2) is 10.1. The number of aryl methyl sites for hydroxylation is 3. The lowest BCUT2D eigenvalue weighted by molar-refractivity contribution is -0.115. The van der Waals surface area contributed by atoms with Crippen LogP contribution in [0.1, 0.15) is 61.4 Å². The molecule has 4 nitrogen and oxygen atoms in total. The van der Waals surface area contributed by atoms with Crippen molar-refractivity contribution in [3.05, 3.63) is 51.7 Å². The van der Waals surface area contributed by atoms with Gasteiger partial charge in [-0.05, 0) is 68.4 Å². The molecular formula is C23H26ClN3OS. The number of hydrogen-bond donors (Lipinski definition) is 1. The fourth-order valence-electron chi connectivity index (χ4n) is 3.49. The van der Waals surface area contributed by atoms with Crippen LogP contribution in [-0.2, 0) is 17.6 Å². The van der Waals surface area contributed by atoms with Gasteiger partial charge in [0.2, 0.25) is 5.91 Å². The van der Waals surface area contributed by atoms with E-state index in [1.807, 2.05) is 32.0 Å². The molecule has 6 heteroatoms. The summed E-state index contributed by atoms with van der Waals surface area (Å²) in [5.74, 6) is -0.102. The Morgan fingerprint density at radius 2 is 2.03 bits per heavy atom. The second-order valence-electron chi connectivity index (χ2n) is 7.44. The molecule has 1 aromatic carbocycles. The Morgan fingerprint density at radius 3 is 2.72 bits per heavy atom. The van der Waals surface area contributed by atoms with E-state index in [2.05, 4.69) is 11.4 Å². The molecule has 1 atom stereocenters. The van der Waals surface area contributed by atoms with Crippen LogP contribution in [0.3, 0.4) is 0 Å². The van der Waals surface area contributed by atoms with Crippen LogP contribution >= 0.6 is 23.4 Å². The van der Waals surface area contributed by atoms with Gasteiger partial charge in [0.15, 0.2) is 0 Å². The van der Waals surface area contributed by atoms with Crippen molar-refractivity contribution in [3.63, 3.8) is 0 Å². The summed E-state index contributed by atoms with van der Waals surface area (Å²) >= 11 is 7.55. The van der Waals surface area contributed by atoms with Crippen molar-refractivity contribution in [3.8, 4) is 6.07 Å². The summed E-state index contributed by atoms with van der Waals surface area (Å²) in [4.78, 5) is 17.7. The molecule has 0 spiro atoms. The van der Waals surface area contributed by atoms with Crippen LogP contribution in [-0.4, -0.2) is 16.1 Å². The maximum absolute atomic E-state index is 12.8. The number of aromatic nitrogens is 1. The van der Waals surface area contributed by atoms with Gasteiger partial charge in [-0.2, -0.15) is 5.26 Å². The Kier molecular flexibility index (Phi) is 7.57. The van der Waals surface area contributed by atoms with E-state index in [4.69, 9.17) is 16.6 Å². The lowest BCUT2D eigenvalue weighted by Gasteiger charge is -2.18. The number of amides is 1. The number of halogens is 1. The van der Waals surface area contributed by atoms with Crippen LogP contribution in [0.25, 0.3) is 0 Å². The van der Waals surface area contributed by atoms with Crippen LogP contribution < -0.4 is 5.32 Å². The van der Waals surface area contributed by atoms with E-state index in [1.165, 1.54) is 30.2 Å². The lowest BCUT2D eigenvalue weighted by Crippen LogP contribution is -2.25. The standard InChI is InChI=1S/C23H26ClN3OS/c1-3-21(22(28)26-18-11-10-15(2)19(24)13-18)29-23-17(14-25)12-16-8-6-4-5-7-9-20(16)27-23/h10-13,21H,3-9H2,1-2H3,(H,26,28). The number of nitrogens with one attached hydrogen (secondary N) is 1. The van der Waals surface area contributed by atoms with Gasteiger partial charge < -0.3 is 5.32 Å². The first-order valence-corrected chi connectivity index (χ1v) is 11.4. The van der Waals surface area contributed by atoms with Gasteiger partial charge in [0.1, 0.15) is 11.1 Å². The molecule has 1 aliphatic carbocycles. The first-order chi connectivity index (χ1) is 14.0. The molecule has 0 fully saturated rings. The monoisotopic (exact) mass is 427 g/mol. The summed E-state index contributed by atoms with van der Waals surface area (Å²) in [7, 11) is 0. The van der Waals surface area contributed by atoms with Crippen molar-refractivity contribution in [1.82, 2.24) is 4.98 Å². The number of hydrogen-bond acceptors (Lipinski definition) is 4. The molecule has 0 saturated carbocycles. The summed E-state index contributed by atoms with van der Waals surface area (Å²) in [6.07, 6.45) is 7.29. The van der Waals surface area contributed by atoms with Gasteiger partial charge in [-0.25, -0.2) is 4.98 Å². The normalized spacial score (nSPS) is 14.8. The molecular weight excluding hydrogens is 402 g/mol. The van der Waals surface area contributed by atoms with E-state index >= 15 is 0 Å². The molecule has 1 unspecified atom stereocenters. The largest absolute Gasteiger partial charge is 0.325 e. The average Bonchev–Trinajstić information content (AvgIpc) is 2.69. The summed E-state index contributed by atoms with van der Waals surface area (Å²) in [5, 5.41) is 13.5. The van der Waals surface area contributed by atoms with E-state index in [0.717, 1.165) is 36.9 Å². The minimum Gasteiger partial charge on any atom is -0.325 e. The highest BCUT2D eigenvalue weighted by molar-refractivity contribution is 8.00. The van der Waals surface area contributed by atoms with E-state index < -0.39 is 0 Å². The van der Waals surface area contributed by atoms with Crippen molar-refractivity contribution >= 4 is 35.0 Å². The maximum Gasteiger partial charge on any atom is 0.237 e. The zero-order chi connectivity index (χ0) is 20.8. The summed E-state index contributed by atoms with van der Waals surface area (Å²) in [6.45, 7) is 3.90. The Hall–Kier alpha value is -2.03. The summed E-state index contributed by atoms with van der Waals surface area (Å²) < 4.78 is 0. The van der Waals surface area contributed by atoms with Gasteiger partial charge in [-0.1, -0.05) is 49.2 Å². The Labute approximate surface area is 182 Å². The van der Waals surface area contributed by atoms with Gasteiger partial charge in [0, 0.05) is 16.4 Å². The zero-order valence-corrected chi connectivity index (χ0v) is 18.5. The van der Waals surface area contributed by atoms with Gasteiger partial charge in [0.05, 0.1) is 10.8 Å². The predicted octanol–water partition coefficient (Wildman–Crippen LogP) is 6.08. The topological polar surface area (TPSA) is 65.8 Å². The van der Waals surface area contributed by atoms with Crippen molar-refractivity contribution < 1.29 is 4.79 Å². The molecule has 1 heterocycles. The molecule has 0 radical (unpaired) electrons. The van der Waals surface area contributed by atoms with Crippen LogP contribution in [0.15, 0.2) is 29.3 Å². The van der Waals surface area contributed by atoms with Crippen molar-refractivity contribution in [2.24, 2.45) is 0 Å². The number of benzene rings is 1. The Morgan fingerprint density at radius 1 is 1.28 bits per heavy atom. The van der Waals surface area contributed by atoms with E-state index in [9.17, 15) is 10.1 Å². The average molecular weight is 428 g/mol.